The van der Waals surface area contributed by atoms with E-state index >= 15 is 0 Å². The highest BCUT2D eigenvalue weighted by Crippen LogP contribution is 2.21. The van der Waals surface area contributed by atoms with Crippen molar-refractivity contribution in [2.24, 2.45) is 0 Å². The quantitative estimate of drug-likeness (QED) is 0.697. The van der Waals surface area contributed by atoms with Crippen molar-refractivity contribution in [3.63, 3.8) is 0 Å². The molecule has 0 aliphatic carbocycles. The Hall–Kier alpha value is -0.300. The van der Waals surface area contributed by atoms with E-state index in [1.54, 1.807) is 0 Å². The summed E-state index contributed by atoms with van der Waals surface area (Å²) < 4.78 is 0. The van der Waals surface area contributed by atoms with Crippen molar-refractivity contribution in [1.29, 1.82) is 0 Å². The van der Waals surface area contributed by atoms with Crippen LogP contribution in [-0.4, -0.2) is 0 Å². The van der Waals surface area contributed by atoms with Crippen molar-refractivity contribution in [1.82, 2.24) is 0 Å². The van der Waals surface area contributed by atoms with E-state index in [0.29, 0.717) is 0 Å². The Morgan fingerprint density at radius 1 is 1.23 bits per heavy atom. The lowest BCUT2D eigenvalue weighted by Gasteiger charge is -2.11. The van der Waals surface area contributed by atoms with Gasteiger partial charge in [-0.2, -0.15) is 0 Å². The molecule has 0 aromatic heterocycles. The second-order valence-electron chi connectivity index (χ2n) is 3.60. The number of halogens is 1. The molecule has 1 heteroatoms. The third-order valence-corrected chi connectivity index (χ3v) is 2.92. The molecule has 0 atom stereocenters. The Bertz CT molecular complexity index is 289. The summed E-state index contributed by atoms with van der Waals surface area (Å²) in [5.74, 6) is 0. The van der Waals surface area contributed by atoms with Gasteiger partial charge >= 0.3 is 0 Å². The number of hydrogen-bond donors (Lipinski definition) is 0. The third-order valence-electron chi connectivity index (χ3n) is 2.36. The van der Waals surface area contributed by atoms with Gasteiger partial charge in [-0.1, -0.05) is 47.0 Å². The van der Waals surface area contributed by atoms with E-state index in [1.807, 2.05) is 0 Å². The maximum atomic E-state index is 3.55. The van der Waals surface area contributed by atoms with Crippen LogP contribution in [0.15, 0.2) is 12.1 Å². The predicted octanol–water partition coefficient (Wildman–Crippen LogP) is 4.15. The zero-order chi connectivity index (χ0) is 9.84. The molecule has 1 aromatic carbocycles. The van der Waals surface area contributed by atoms with Crippen LogP contribution in [0.3, 0.4) is 0 Å². The molecule has 0 saturated heterocycles. The van der Waals surface area contributed by atoms with Gasteiger partial charge in [-0.15, -0.1) is 0 Å². The molecule has 0 unspecified atom stereocenters. The summed E-state index contributed by atoms with van der Waals surface area (Å²) in [6, 6.07) is 4.57. The lowest BCUT2D eigenvalue weighted by Crippen LogP contribution is -1.96. The van der Waals surface area contributed by atoms with Gasteiger partial charge in [0.1, 0.15) is 0 Å². The van der Waals surface area contributed by atoms with Crippen molar-refractivity contribution in [2.45, 2.75) is 38.9 Å². The topological polar surface area (TPSA) is 0 Å². The van der Waals surface area contributed by atoms with E-state index in [2.05, 4.69) is 48.8 Å². The third kappa shape index (κ3) is 2.57. The summed E-state index contributed by atoms with van der Waals surface area (Å²) in [4.78, 5) is 0. The van der Waals surface area contributed by atoms with Gasteiger partial charge < -0.3 is 0 Å². The minimum atomic E-state index is 0.981. The monoisotopic (exact) mass is 240 g/mol. The van der Waals surface area contributed by atoms with Gasteiger partial charge in [0.25, 0.3) is 0 Å². The maximum Gasteiger partial charge on any atom is 0.0288 e. The fraction of sp³-hybridized carbons (Fsp3) is 0.500. The van der Waals surface area contributed by atoms with Crippen LogP contribution in [0.5, 0.6) is 0 Å². The first-order valence-corrected chi connectivity index (χ1v) is 5.96. The van der Waals surface area contributed by atoms with Gasteiger partial charge in [0.05, 0.1) is 0 Å². The molecule has 0 amide bonds. The Kier molecular flexibility index (Phi) is 3.98. The predicted molar refractivity (Wildman–Crippen MR) is 62.5 cm³/mol. The Morgan fingerprint density at radius 3 is 2.46 bits per heavy atom. The summed E-state index contributed by atoms with van der Waals surface area (Å²) in [6.45, 7) is 6.60. The normalized spacial score (nSPS) is 10.5. The molecule has 0 spiro atoms. The molecule has 0 aliphatic rings. The molecule has 1 rings (SSSR count). The van der Waals surface area contributed by atoms with Gasteiger partial charge in [-0.25, -0.2) is 0 Å². The Labute approximate surface area is 89.5 Å². The maximum absolute atomic E-state index is 3.55. The molecule has 0 aliphatic heterocycles. The van der Waals surface area contributed by atoms with Gasteiger partial charge in [0.2, 0.25) is 0 Å². The summed E-state index contributed by atoms with van der Waals surface area (Å²) in [5, 5.41) is 0.981. The molecule has 0 fully saturated rings. The van der Waals surface area contributed by atoms with Crippen LogP contribution in [0.1, 0.15) is 35.6 Å². The van der Waals surface area contributed by atoms with E-state index < -0.39 is 0 Å². The standard InChI is InChI=1S/C12H17Br/c1-4-5-11-7-9(2)6-10(3)12(11)8-13/h6-7H,4-5,8H2,1-3H3. The Morgan fingerprint density at radius 2 is 1.92 bits per heavy atom. The van der Waals surface area contributed by atoms with Gasteiger partial charge in [-0.05, 0) is 37.0 Å². The number of hydrogen-bond acceptors (Lipinski definition) is 0. The number of rotatable bonds is 3. The molecule has 0 nitrogen and oxygen atoms in total. The van der Waals surface area contributed by atoms with Crippen LogP contribution in [0.2, 0.25) is 0 Å². The van der Waals surface area contributed by atoms with Crippen LogP contribution >= 0.6 is 15.9 Å². The lowest BCUT2D eigenvalue weighted by atomic mass is 9.97. The number of alkyl halides is 1. The molecule has 1 aromatic rings. The molecular formula is C12H17Br. The molecule has 0 heterocycles. The molecule has 0 N–H and O–H groups in total. The number of benzene rings is 1. The average molecular weight is 241 g/mol. The first kappa shape index (κ1) is 10.8. The largest absolute Gasteiger partial charge is 0.0876 e. The SMILES string of the molecule is CCCc1cc(C)cc(C)c1CBr. The summed E-state index contributed by atoms with van der Waals surface area (Å²) in [7, 11) is 0. The van der Waals surface area contributed by atoms with E-state index in [0.717, 1.165) is 5.33 Å². The van der Waals surface area contributed by atoms with Gasteiger partial charge in [0.15, 0.2) is 0 Å². The van der Waals surface area contributed by atoms with Gasteiger partial charge in [-0.3, -0.25) is 0 Å². The minimum Gasteiger partial charge on any atom is -0.0876 e. The highest BCUT2D eigenvalue weighted by Gasteiger charge is 2.04. The van der Waals surface area contributed by atoms with Crippen LogP contribution in [0.25, 0.3) is 0 Å². The Balaban J connectivity index is 3.13. The van der Waals surface area contributed by atoms with E-state index in [-0.39, 0.29) is 0 Å². The first-order valence-electron chi connectivity index (χ1n) is 4.84. The smallest absolute Gasteiger partial charge is 0.0288 e. The first-order chi connectivity index (χ1) is 6.19. The lowest BCUT2D eigenvalue weighted by molar-refractivity contribution is 0.906. The molecule has 13 heavy (non-hydrogen) atoms. The van der Waals surface area contributed by atoms with Crippen LogP contribution < -0.4 is 0 Å². The molecule has 0 radical (unpaired) electrons. The highest BCUT2D eigenvalue weighted by atomic mass is 79.9. The van der Waals surface area contributed by atoms with Crippen molar-refractivity contribution in [3.05, 3.63) is 34.4 Å². The molecule has 72 valence electrons. The summed E-state index contributed by atoms with van der Waals surface area (Å²) in [6.07, 6.45) is 2.42. The minimum absolute atomic E-state index is 0.981. The average Bonchev–Trinajstić information content (AvgIpc) is 2.04. The van der Waals surface area contributed by atoms with Gasteiger partial charge in [0, 0.05) is 5.33 Å². The van der Waals surface area contributed by atoms with Crippen molar-refractivity contribution >= 4 is 15.9 Å². The second-order valence-corrected chi connectivity index (χ2v) is 4.16. The van der Waals surface area contributed by atoms with Crippen LogP contribution in [-0.2, 0) is 11.8 Å². The zero-order valence-electron chi connectivity index (χ0n) is 8.65. The molecule has 0 bridgehead atoms. The van der Waals surface area contributed by atoms with E-state index in [1.165, 1.54) is 35.1 Å². The molecular weight excluding hydrogens is 224 g/mol. The van der Waals surface area contributed by atoms with Crippen LogP contribution in [0, 0.1) is 13.8 Å². The van der Waals surface area contributed by atoms with Crippen molar-refractivity contribution in [3.8, 4) is 0 Å². The van der Waals surface area contributed by atoms with Crippen molar-refractivity contribution < 1.29 is 0 Å². The highest BCUT2D eigenvalue weighted by molar-refractivity contribution is 9.08. The second kappa shape index (κ2) is 4.80. The van der Waals surface area contributed by atoms with Crippen molar-refractivity contribution in [2.75, 3.05) is 0 Å². The fourth-order valence-corrected chi connectivity index (χ4v) is 2.57. The zero-order valence-corrected chi connectivity index (χ0v) is 10.2. The summed E-state index contributed by atoms with van der Waals surface area (Å²) in [5.41, 5.74) is 5.79. The molecule has 0 saturated carbocycles. The van der Waals surface area contributed by atoms with E-state index in [9.17, 15) is 0 Å². The summed E-state index contributed by atoms with van der Waals surface area (Å²) >= 11 is 3.55. The fourth-order valence-electron chi connectivity index (χ4n) is 1.77. The van der Waals surface area contributed by atoms with E-state index in [4.69, 9.17) is 0 Å². The number of aryl methyl sites for hydroxylation is 3. The van der Waals surface area contributed by atoms with Crippen LogP contribution in [0.4, 0.5) is 0 Å².